The van der Waals surface area contributed by atoms with Gasteiger partial charge in [-0.2, -0.15) is 0 Å². The molecular weight excluding hydrogens is 273 g/mol. The molecule has 0 saturated carbocycles. The van der Waals surface area contributed by atoms with E-state index in [1.54, 1.807) is 24.3 Å². The minimum Gasteiger partial charge on any atom is -0.394 e. The number of carbonyl (C=O) groups is 2. The van der Waals surface area contributed by atoms with Crippen molar-refractivity contribution in [2.75, 3.05) is 26.4 Å². The summed E-state index contributed by atoms with van der Waals surface area (Å²) in [6.07, 6.45) is 0. The zero-order valence-electron chi connectivity index (χ0n) is 9.70. The van der Waals surface area contributed by atoms with Gasteiger partial charge < -0.3 is 9.84 Å². The molecule has 2 rings (SSSR count). The second kappa shape index (κ2) is 6.71. The van der Waals surface area contributed by atoms with E-state index < -0.39 is 0 Å². The Hall–Kier alpha value is -1.14. The van der Waals surface area contributed by atoms with Crippen LogP contribution in [-0.4, -0.2) is 48.2 Å². The monoisotopic (exact) mass is 286 g/mol. The molecule has 1 aliphatic rings. The minimum atomic E-state index is -0.279. The van der Waals surface area contributed by atoms with Gasteiger partial charge in [0, 0.05) is 18.6 Å². The zero-order valence-corrected chi connectivity index (χ0v) is 11.1. The number of rotatable bonds is 5. The third kappa shape index (κ3) is 2.81. The Morgan fingerprint density at radius 3 is 2.11 bits per heavy atom. The van der Waals surface area contributed by atoms with Crippen LogP contribution in [0, 0.1) is 0 Å². The molecule has 18 heavy (non-hydrogen) atoms. The number of hydrogen-bond acceptors (Lipinski definition) is 4. The first-order chi connectivity index (χ1) is 8.25. The van der Waals surface area contributed by atoms with Gasteiger partial charge in [-0.05, 0) is 12.1 Å². The summed E-state index contributed by atoms with van der Waals surface area (Å²) in [5.74, 6) is -0.559. The van der Waals surface area contributed by atoms with Gasteiger partial charge >= 0.3 is 0 Å². The largest absolute Gasteiger partial charge is 0.394 e. The Morgan fingerprint density at radius 2 is 1.61 bits per heavy atom. The van der Waals surface area contributed by atoms with Crippen molar-refractivity contribution < 1.29 is 38.0 Å². The van der Waals surface area contributed by atoms with Crippen molar-refractivity contribution in [2.24, 2.45) is 0 Å². The van der Waals surface area contributed by atoms with Crippen LogP contribution >= 0.6 is 0 Å². The fraction of sp³-hybridized carbons (Fsp3) is 0.333. The molecule has 95 valence electrons. The number of nitrogens with zero attached hydrogens (tertiary/aromatic N) is 1. The van der Waals surface area contributed by atoms with Gasteiger partial charge in [-0.15, -0.1) is 0 Å². The first-order valence-corrected chi connectivity index (χ1v) is 5.39. The third-order valence-corrected chi connectivity index (χ3v) is 2.57. The van der Waals surface area contributed by atoms with Crippen LogP contribution in [0.4, 0.5) is 0 Å². The molecule has 1 aromatic rings. The smallest absolute Gasteiger partial charge is 0.261 e. The molecule has 0 spiro atoms. The summed E-state index contributed by atoms with van der Waals surface area (Å²) < 4.78 is 5.04. The quantitative estimate of drug-likeness (QED) is 0.624. The fourth-order valence-corrected chi connectivity index (χ4v) is 1.76. The van der Waals surface area contributed by atoms with Gasteiger partial charge in [0.2, 0.25) is 0 Å². The van der Waals surface area contributed by atoms with E-state index in [1.807, 2.05) is 0 Å². The number of fused-ring (bicyclic) bond motifs is 1. The summed E-state index contributed by atoms with van der Waals surface area (Å²) in [6.45, 7) is 0.601. The van der Waals surface area contributed by atoms with Crippen molar-refractivity contribution in [3.63, 3.8) is 0 Å². The molecule has 0 saturated heterocycles. The second-order valence-electron chi connectivity index (χ2n) is 3.64. The summed E-state index contributed by atoms with van der Waals surface area (Å²) >= 11 is 0. The molecule has 2 amide bonds. The topological polar surface area (TPSA) is 66.8 Å². The van der Waals surface area contributed by atoms with Crippen molar-refractivity contribution in [3.05, 3.63) is 35.4 Å². The summed E-state index contributed by atoms with van der Waals surface area (Å²) in [5, 5.41) is 8.53. The van der Waals surface area contributed by atoms with Crippen molar-refractivity contribution in [1.29, 1.82) is 0 Å². The van der Waals surface area contributed by atoms with Gasteiger partial charge in [-0.25, -0.2) is 0 Å². The third-order valence-electron chi connectivity index (χ3n) is 2.57. The Bertz CT molecular complexity index is 414. The van der Waals surface area contributed by atoms with E-state index in [0.29, 0.717) is 11.1 Å². The summed E-state index contributed by atoms with van der Waals surface area (Å²) in [4.78, 5) is 24.9. The van der Waals surface area contributed by atoms with E-state index in [0.717, 1.165) is 0 Å². The average Bonchev–Trinajstić information content (AvgIpc) is 2.60. The van der Waals surface area contributed by atoms with E-state index in [9.17, 15) is 9.59 Å². The van der Waals surface area contributed by atoms with Gasteiger partial charge in [0.25, 0.3) is 11.8 Å². The van der Waals surface area contributed by atoms with E-state index in [-0.39, 0.29) is 56.7 Å². The molecule has 0 aliphatic carbocycles. The van der Waals surface area contributed by atoms with Gasteiger partial charge in [-0.3, -0.25) is 14.5 Å². The first-order valence-electron chi connectivity index (χ1n) is 5.39. The molecule has 1 heterocycles. The van der Waals surface area contributed by atoms with Crippen molar-refractivity contribution in [2.45, 2.75) is 0 Å². The molecule has 1 radical (unpaired) electrons. The molecule has 1 aliphatic heterocycles. The molecule has 0 bridgehead atoms. The van der Waals surface area contributed by atoms with Gasteiger partial charge in [0.1, 0.15) is 0 Å². The molecule has 0 fully saturated rings. The Labute approximate surface area is 117 Å². The van der Waals surface area contributed by atoms with Crippen molar-refractivity contribution in [1.82, 2.24) is 4.90 Å². The molecule has 0 atom stereocenters. The van der Waals surface area contributed by atoms with Crippen molar-refractivity contribution >= 4 is 11.8 Å². The molecule has 0 aromatic heterocycles. The number of amides is 2. The van der Waals surface area contributed by atoms with E-state index in [4.69, 9.17) is 9.84 Å². The summed E-state index contributed by atoms with van der Waals surface area (Å²) in [7, 11) is 0. The number of ether oxygens (including phenoxy) is 1. The van der Waals surface area contributed by atoms with Crippen LogP contribution in [-0.2, 0) is 23.3 Å². The fourth-order valence-electron chi connectivity index (χ4n) is 1.76. The predicted molar refractivity (Wildman–Crippen MR) is 59.7 cm³/mol. The minimum absolute atomic E-state index is 0. The van der Waals surface area contributed by atoms with E-state index in [1.165, 1.54) is 4.90 Å². The number of benzene rings is 1. The number of aliphatic hydroxyl groups excluding tert-OH is 1. The average molecular weight is 286 g/mol. The van der Waals surface area contributed by atoms with Crippen LogP contribution in [0.25, 0.3) is 0 Å². The van der Waals surface area contributed by atoms with E-state index in [2.05, 4.69) is 0 Å². The maximum atomic E-state index is 11.9. The van der Waals surface area contributed by atoms with Gasteiger partial charge in [0.05, 0.1) is 37.5 Å². The van der Waals surface area contributed by atoms with Crippen LogP contribution in [0.15, 0.2) is 24.3 Å². The second-order valence-corrected chi connectivity index (χ2v) is 3.64. The Morgan fingerprint density at radius 1 is 1.06 bits per heavy atom. The van der Waals surface area contributed by atoms with Crippen LogP contribution in [0.1, 0.15) is 20.7 Å². The van der Waals surface area contributed by atoms with Crippen LogP contribution < -0.4 is 0 Å². The number of aliphatic hydroxyl groups is 1. The first kappa shape index (κ1) is 14.9. The van der Waals surface area contributed by atoms with Crippen LogP contribution in [0.3, 0.4) is 0 Å². The Balaban J connectivity index is 0.00000162. The van der Waals surface area contributed by atoms with Gasteiger partial charge in [0.15, 0.2) is 0 Å². The maximum Gasteiger partial charge on any atom is 0.261 e. The Kier molecular flexibility index (Phi) is 5.56. The van der Waals surface area contributed by atoms with Crippen LogP contribution in [0.5, 0.6) is 0 Å². The van der Waals surface area contributed by atoms with Gasteiger partial charge in [-0.1, -0.05) is 12.1 Å². The SMILES string of the molecule is O=C1c2ccccc2C(=O)N1CCOCCO.[V]. The number of hydrogen-bond donors (Lipinski definition) is 1. The predicted octanol–water partition coefficient (Wildman–Crippen LogP) is 0.289. The summed E-state index contributed by atoms with van der Waals surface area (Å²) in [5.41, 5.74) is 0.888. The zero-order chi connectivity index (χ0) is 12.3. The standard InChI is InChI=1S/C12H13NO4.V/c14-6-8-17-7-5-13-11(15)9-3-1-2-4-10(9)12(13)16;/h1-4,14H,5-8H2;. The number of imide groups is 1. The van der Waals surface area contributed by atoms with Crippen molar-refractivity contribution in [3.8, 4) is 0 Å². The molecular formula is C12H13NO4V. The van der Waals surface area contributed by atoms with E-state index >= 15 is 0 Å². The molecule has 0 unspecified atom stereocenters. The molecule has 1 aromatic carbocycles. The maximum absolute atomic E-state index is 11.9. The number of carbonyl (C=O) groups excluding carboxylic acids is 2. The van der Waals surface area contributed by atoms with Crippen LogP contribution in [0.2, 0.25) is 0 Å². The molecule has 6 heteroatoms. The molecule has 5 nitrogen and oxygen atoms in total. The summed E-state index contributed by atoms with van der Waals surface area (Å²) in [6, 6.07) is 6.75. The molecule has 1 N–H and O–H groups in total. The normalized spacial score (nSPS) is 13.5.